The first-order valence-electron chi connectivity index (χ1n) is 8.30. The van der Waals surface area contributed by atoms with Crippen molar-refractivity contribution >= 4 is 0 Å². The number of hydrogen-bond acceptors (Lipinski definition) is 7. The van der Waals surface area contributed by atoms with Crippen LogP contribution >= 0.6 is 0 Å². The third-order valence-electron chi connectivity index (χ3n) is 4.24. The van der Waals surface area contributed by atoms with Gasteiger partial charge in [0.15, 0.2) is 11.5 Å². The van der Waals surface area contributed by atoms with E-state index in [1.54, 1.807) is 23.2 Å². The topological polar surface area (TPSA) is 89.7 Å². The predicted molar refractivity (Wildman–Crippen MR) is 87.8 cm³/mol. The van der Waals surface area contributed by atoms with Gasteiger partial charge in [0.2, 0.25) is 5.76 Å². The van der Waals surface area contributed by atoms with E-state index in [1.807, 2.05) is 25.3 Å². The van der Waals surface area contributed by atoms with Crippen molar-refractivity contribution in [2.24, 2.45) is 0 Å². The van der Waals surface area contributed by atoms with Gasteiger partial charge in [0.25, 0.3) is 0 Å². The molecule has 0 unspecified atom stereocenters. The number of aryl methyl sites for hydroxylation is 1. The number of aliphatic hydroxyl groups is 1. The number of furan rings is 1. The molecule has 0 spiro atoms. The summed E-state index contributed by atoms with van der Waals surface area (Å²) in [5.74, 6) is 1.92. The van der Waals surface area contributed by atoms with Crippen LogP contribution in [-0.2, 0) is 13.1 Å². The van der Waals surface area contributed by atoms with Crippen molar-refractivity contribution in [2.45, 2.75) is 32.2 Å². The number of ether oxygens (including phenoxy) is 1. The molecule has 1 aliphatic rings. The summed E-state index contributed by atoms with van der Waals surface area (Å²) in [5, 5.41) is 18.5. The molecule has 1 N–H and O–H groups in total. The van der Waals surface area contributed by atoms with Crippen LogP contribution in [0.4, 0.5) is 0 Å². The smallest absolute Gasteiger partial charge is 0.202 e. The fourth-order valence-electron chi connectivity index (χ4n) is 2.98. The Hall–Kier alpha value is -2.58. The normalized spacial score (nSPS) is 21.0. The molecule has 3 aromatic heterocycles. The molecule has 4 heterocycles. The van der Waals surface area contributed by atoms with Crippen molar-refractivity contribution in [1.82, 2.24) is 19.8 Å². The second-order valence-corrected chi connectivity index (χ2v) is 6.11. The van der Waals surface area contributed by atoms with E-state index in [9.17, 15) is 5.11 Å². The molecule has 8 nitrogen and oxygen atoms in total. The minimum atomic E-state index is -0.554. The summed E-state index contributed by atoms with van der Waals surface area (Å²) in [6.45, 7) is 4.51. The molecule has 0 aliphatic carbocycles. The highest BCUT2D eigenvalue weighted by atomic mass is 16.5. The third-order valence-corrected chi connectivity index (χ3v) is 4.24. The maximum atomic E-state index is 10.3. The van der Waals surface area contributed by atoms with Crippen molar-refractivity contribution in [3.8, 4) is 17.3 Å². The van der Waals surface area contributed by atoms with E-state index in [1.165, 1.54) is 0 Å². The average Bonchev–Trinajstić information content (AvgIpc) is 3.37. The molecule has 0 bridgehead atoms. The number of nitrogens with zero attached hydrogens (tertiary/aromatic N) is 4. The monoisotopic (exact) mass is 344 g/mol. The highest BCUT2D eigenvalue weighted by Gasteiger charge is 2.33. The van der Waals surface area contributed by atoms with Crippen molar-refractivity contribution in [1.29, 1.82) is 0 Å². The Bertz CT molecular complexity index is 810. The largest absolute Gasteiger partial charge is 0.483 e. The molecule has 4 rings (SSSR count). The van der Waals surface area contributed by atoms with Crippen molar-refractivity contribution < 1.29 is 18.8 Å². The summed E-state index contributed by atoms with van der Waals surface area (Å²) < 4.78 is 18.3. The van der Waals surface area contributed by atoms with Crippen LogP contribution in [0.5, 0.6) is 5.75 Å². The van der Waals surface area contributed by atoms with Crippen LogP contribution in [-0.4, -0.2) is 50.2 Å². The van der Waals surface area contributed by atoms with Gasteiger partial charge >= 0.3 is 0 Å². The van der Waals surface area contributed by atoms with E-state index in [2.05, 4.69) is 15.2 Å². The highest BCUT2D eigenvalue weighted by Crippen LogP contribution is 2.23. The zero-order valence-electron chi connectivity index (χ0n) is 13.9. The van der Waals surface area contributed by atoms with Gasteiger partial charge in [0, 0.05) is 32.2 Å². The zero-order valence-corrected chi connectivity index (χ0v) is 13.9. The first-order valence-corrected chi connectivity index (χ1v) is 8.30. The maximum absolute atomic E-state index is 10.3. The molecule has 0 radical (unpaired) electrons. The van der Waals surface area contributed by atoms with Gasteiger partial charge in [-0.05, 0) is 19.1 Å². The molecule has 1 saturated heterocycles. The molecule has 25 heavy (non-hydrogen) atoms. The predicted octanol–water partition coefficient (Wildman–Crippen LogP) is 1.78. The van der Waals surface area contributed by atoms with Crippen LogP contribution in [0.1, 0.15) is 12.6 Å². The number of hydrogen-bond donors (Lipinski definition) is 1. The van der Waals surface area contributed by atoms with Crippen molar-refractivity contribution in [2.75, 3.05) is 13.1 Å². The highest BCUT2D eigenvalue weighted by molar-refractivity contribution is 5.49. The first kappa shape index (κ1) is 15.9. The van der Waals surface area contributed by atoms with Crippen molar-refractivity contribution in [3.05, 3.63) is 42.5 Å². The lowest BCUT2D eigenvalue weighted by Gasteiger charge is -2.15. The second kappa shape index (κ2) is 6.73. The van der Waals surface area contributed by atoms with Crippen LogP contribution in [0.2, 0.25) is 0 Å². The van der Waals surface area contributed by atoms with Gasteiger partial charge in [0.1, 0.15) is 12.2 Å². The zero-order chi connectivity index (χ0) is 17.2. The van der Waals surface area contributed by atoms with Crippen LogP contribution in [0.25, 0.3) is 11.5 Å². The molecule has 1 fully saturated rings. The molecular formula is C17H20N4O4. The number of likely N-dealkylation sites (tertiary alicyclic amines) is 1. The molecule has 0 amide bonds. The van der Waals surface area contributed by atoms with E-state index < -0.39 is 6.10 Å². The van der Waals surface area contributed by atoms with Gasteiger partial charge in [-0.3, -0.25) is 9.58 Å². The summed E-state index contributed by atoms with van der Waals surface area (Å²) >= 11 is 0. The lowest BCUT2D eigenvalue weighted by molar-refractivity contribution is 0.0736. The Kier molecular flexibility index (Phi) is 4.29. The molecule has 0 saturated carbocycles. The number of β-amino-alcohol motifs (C(OH)–C–C–N with tert-alkyl or cyclic N) is 1. The number of aromatic nitrogens is 3. The van der Waals surface area contributed by atoms with E-state index >= 15 is 0 Å². The molecule has 1 aliphatic heterocycles. The fraction of sp³-hybridized carbons (Fsp3) is 0.412. The minimum Gasteiger partial charge on any atom is -0.483 e. The maximum Gasteiger partial charge on any atom is 0.202 e. The number of aliphatic hydroxyl groups excluding tert-OH is 1. The average molecular weight is 344 g/mol. The molecule has 0 aromatic carbocycles. The first-order chi connectivity index (χ1) is 12.2. The van der Waals surface area contributed by atoms with E-state index in [4.69, 9.17) is 13.7 Å². The third kappa shape index (κ3) is 3.45. The van der Waals surface area contributed by atoms with Crippen LogP contribution in [0.3, 0.4) is 0 Å². The quantitative estimate of drug-likeness (QED) is 0.729. The fourth-order valence-corrected chi connectivity index (χ4v) is 2.98. The summed E-state index contributed by atoms with van der Waals surface area (Å²) in [4.78, 5) is 2.09. The second-order valence-electron chi connectivity index (χ2n) is 6.11. The summed E-state index contributed by atoms with van der Waals surface area (Å²) in [6.07, 6.45) is 4.26. The van der Waals surface area contributed by atoms with E-state index in [0.29, 0.717) is 36.9 Å². The van der Waals surface area contributed by atoms with Gasteiger partial charge in [-0.1, -0.05) is 5.16 Å². The lowest BCUT2D eigenvalue weighted by atomic mass is 10.3. The SMILES string of the molecule is CCn1cc(O[C@@H]2CN(Cc3cc(-c4ccco4)on3)C[C@H]2O)cn1. The molecule has 132 valence electrons. The molecule has 8 heteroatoms. The lowest BCUT2D eigenvalue weighted by Crippen LogP contribution is -2.29. The van der Waals surface area contributed by atoms with Crippen LogP contribution < -0.4 is 4.74 Å². The van der Waals surface area contributed by atoms with Crippen LogP contribution in [0, 0.1) is 0 Å². The van der Waals surface area contributed by atoms with Crippen molar-refractivity contribution in [3.63, 3.8) is 0 Å². The Labute approximate surface area is 144 Å². The van der Waals surface area contributed by atoms with Gasteiger partial charge in [-0.2, -0.15) is 5.10 Å². The Morgan fingerprint density at radius 2 is 2.28 bits per heavy atom. The Morgan fingerprint density at radius 3 is 3.04 bits per heavy atom. The summed E-state index contributed by atoms with van der Waals surface area (Å²) in [7, 11) is 0. The van der Waals surface area contributed by atoms with Crippen LogP contribution in [0.15, 0.2) is 45.8 Å². The molecule has 3 aromatic rings. The van der Waals surface area contributed by atoms with Gasteiger partial charge in [-0.15, -0.1) is 0 Å². The van der Waals surface area contributed by atoms with Gasteiger partial charge in [0.05, 0.1) is 24.4 Å². The van der Waals surface area contributed by atoms with E-state index in [0.717, 1.165) is 12.2 Å². The summed E-state index contributed by atoms with van der Waals surface area (Å²) in [6, 6.07) is 5.48. The standard InChI is InChI=1S/C17H20N4O4/c1-2-21-9-13(7-18-21)24-17-11-20(10-14(17)22)8-12-6-16(25-19-12)15-4-3-5-23-15/h3-7,9,14,17,22H,2,8,10-11H2,1H3/t14-,17-/m1/s1. The summed E-state index contributed by atoms with van der Waals surface area (Å²) in [5.41, 5.74) is 0.790. The van der Waals surface area contributed by atoms with E-state index in [-0.39, 0.29) is 6.10 Å². The van der Waals surface area contributed by atoms with Gasteiger partial charge < -0.3 is 18.8 Å². The van der Waals surface area contributed by atoms with Gasteiger partial charge in [-0.25, -0.2) is 0 Å². The Morgan fingerprint density at radius 1 is 1.36 bits per heavy atom. The Balaban J connectivity index is 1.36. The minimum absolute atomic E-state index is 0.286. The number of rotatable bonds is 6. The molecular weight excluding hydrogens is 324 g/mol. The molecule has 2 atom stereocenters.